The number of rotatable bonds is 4. The second-order valence-corrected chi connectivity index (χ2v) is 5.05. The van der Waals surface area contributed by atoms with E-state index in [0.717, 1.165) is 24.8 Å². The van der Waals surface area contributed by atoms with Gasteiger partial charge in [0.05, 0.1) is 0 Å². The maximum atomic E-state index is 11.9. The van der Waals surface area contributed by atoms with Crippen LogP contribution in [-0.4, -0.2) is 35.2 Å². The molecule has 0 heterocycles. The van der Waals surface area contributed by atoms with Crippen LogP contribution in [0.4, 0.5) is 4.79 Å². The van der Waals surface area contributed by atoms with Crippen LogP contribution >= 0.6 is 0 Å². The molecule has 4 nitrogen and oxygen atoms in total. The number of carbonyl (C=O) groups excluding carboxylic acids is 1. The van der Waals surface area contributed by atoms with Crippen LogP contribution in [0, 0.1) is 0 Å². The molecule has 0 aliphatic heterocycles. The van der Waals surface area contributed by atoms with Crippen molar-refractivity contribution in [2.45, 2.75) is 38.3 Å². The average molecular weight is 248 g/mol. The fourth-order valence-electron chi connectivity index (χ4n) is 1.81. The van der Waals surface area contributed by atoms with E-state index >= 15 is 0 Å². The van der Waals surface area contributed by atoms with E-state index in [2.05, 4.69) is 5.32 Å². The van der Waals surface area contributed by atoms with Gasteiger partial charge in [0.25, 0.3) is 0 Å². The van der Waals surface area contributed by atoms with Crippen LogP contribution in [0.25, 0.3) is 0 Å². The molecule has 2 N–H and O–H groups in total. The van der Waals surface area contributed by atoms with Crippen LogP contribution < -0.4 is 5.32 Å². The first-order valence-corrected chi connectivity index (χ1v) is 6.37. The number of likely N-dealkylation sites (N-methyl/N-ethyl adjacent to an activating group) is 1. The number of nitrogens with zero attached hydrogens (tertiary/aromatic N) is 1. The Morgan fingerprint density at radius 3 is 2.61 bits per heavy atom. The van der Waals surface area contributed by atoms with Crippen molar-refractivity contribution in [1.29, 1.82) is 0 Å². The van der Waals surface area contributed by atoms with Crippen molar-refractivity contribution >= 4 is 6.03 Å². The topological polar surface area (TPSA) is 52.6 Å². The molecule has 0 radical (unpaired) electrons. The van der Waals surface area contributed by atoms with Gasteiger partial charge in [0.15, 0.2) is 0 Å². The molecule has 0 aromatic heterocycles. The van der Waals surface area contributed by atoms with Gasteiger partial charge in [-0.1, -0.05) is 12.1 Å². The number of phenols is 1. The fraction of sp³-hybridized carbons (Fsp3) is 0.500. The summed E-state index contributed by atoms with van der Waals surface area (Å²) in [6, 6.07) is 7.65. The molecule has 1 aromatic rings. The van der Waals surface area contributed by atoms with Crippen molar-refractivity contribution in [3.8, 4) is 5.75 Å². The molecule has 1 saturated carbocycles. The number of phenolic OH excluding ortho intramolecular Hbond substituents is 1. The lowest BCUT2D eigenvalue weighted by Gasteiger charge is -2.25. The number of urea groups is 1. The molecule has 0 saturated heterocycles. The Bertz CT molecular complexity index is 412. The highest BCUT2D eigenvalue weighted by molar-refractivity contribution is 5.74. The third-order valence-electron chi connectivity index (χ3n) is 3.35. The van der Waals surface area contributed by atoms with Gasteiger partial charge in [-0.2, -0.15) is 0 Å². The minimum atomic E-state index is 0.00350. The van der Waals surface area contributed by atoms with E-state index in [0.29, 0.717) is 6.04 Å². The molecule has 4 heteroatoms. The average Bonchev–Trinajstić information content (AvgIpc) is 3.15. The van der Waals surface area contributed by atoms with Gasteiger partial charge in [-0.15, -0.1) is 0 Å². The first-order valence-electron chi connectivity index (χ1n) is 6.37. The molecule has 2 rings (SSSR count). The molecule has 1 aromatic carbocycles. The summed E-state index contributed by atoms with van der Waals surface area (Å²) in [4.78, 5) is 13.6. The number of hydrogen-bond acceptors (Lipinski definition) is 2. The van der Waals surface area contributed by atoms with Crippen molar-refractivity contribution in [3.05, 3.63) is 29.8 Å². The molecule has 0 bridgehead atoms. The Hall–Kier alpha value is -1.71. The maximum absolute atomic E-state index is 11.9. The molecule has 1 aliphatic rings. The summed E-state index contributed by atoms with van der Waals surface area (Å²) in [5, 5.41) is 12.2. The zero-order valence-electron chi connectivity index (χ0n) is 10.9. The molecule has 1 fully saturated rings. The number of amides is 2. The lowest BCUT2D eigenvalue weighted by atomic mass is 10.1. The van der Waals surface area contributed by atoms with E-state index in [-0.39, 0.29) is 17.8 Å². The molecule has 98 valence electrons. The van der Waals surface area contributed by atoms with E-state index < -0.39 is 0 Å². The van der Waals surface area contributed by atoms with Gasteiger partial charge in [0, 0.05) is 19.1 Å². The van der Waals surface area contributed by atoms with Crippen LogP contribution in [0.1, 0.15) is 25.3 Å². The van der Waals surface area contributed by atoms with E-state index in [1.54, 1.807) is 17.0 Å². The molecule has 1 atom stereocenters. The molecule has 1 unspecified atom stereocenters. The second-order valence-electron chi connectivity index (χ2n) is 5.05. The van der Waals surface area contributed by atoms with Crippen LogP contribution in [0.2, 0.25) is 0 Å². The van der Waals surface area contributed by atoms with Gasteiger partial charge in [-0.05, 0) is 43.9 Å². The summed E-state index contributed by atoms with van der Waals surface area (Å²) in [5.41, 5.74) is 1.12. The molecule has 18 heavy (non-hydrogen) atoms. The second kappa shape index (κ2) is 5.29. The zero-order valence-corrected chi connectivity index (χ0v) is 10.9. The monoisotopic (exact) mass is 248 g/mol. The summed E-state index contributed by atoms with van der Waals surface area (Å²) in [6.45, 7) is 2.03. The summed E-state index contributed by atoms with van der Waals surface area (Å²) in [6.07, 6.45) is 2.99. The quantitative estimate of drug-likeness (QED) is 0.857. The van der Waals surface area contributed by atoms with Crippen molar-refractivity contribution in [2.24, 2.45) is 0 Å². The SMILES string of the molecule is CC(Cc1ccc(O)cc1)N(C)C(=O)NC1CC1. The standard InChI is InChI=1S/C14H20N2O2/c1-10(9-11-3-7-13(17)8-4-11)16(2)14(18)15-12-5-6-12/h3-4,7-8,10,12,17H,5-6,9H2,1-2H3,(H,15,18). The lowest BCUT2D eigenvalue weighted by molar-refractivity contribution is 0.193. The number of hydrogen-bond donors (Lipinski definition) is 2. The van der Waals surface area contributed by atoms with Crippen molar-refractivity contribution in [3.63, 3.8) is 0 Å². The van der Waals surface area contributed by atoms with Crippen molar-refractivity contribution in [2.75, 3.05) is 7.05 Å². The molecule has 1 aliphatic carbocycles. The normalized spacial score (nSPS) is 16.1. The number of aromatic hydroxyl groups is 1. The number of benzene rings is 1. The van der Waals surface area contributed by atoms with Gasteiger partial charge < -0.3 is 15.3 Å². The molecular formula is C14H20N2O2. The minimum absolute atomic E-state index is 0.00350. The number of nitrogens with one attached hydrogen (secondary N) is 1. The van der Waals surface area contributed by atoms with Crippen molar-refractivity contribution in [1.82, 2.24) is 10.2 Å². The van der Waals surface area contributed by atoms with Gasteiger partial charge in [-0.25, -0.2) is 4.79 Å². The van der Waals surface area contributed by atoms with Gasteiger partial charge in [0.2, 0.25) is 0 Å². The highest BCUT2D eigenvalue weighted by atomic mass is 16.3. The number of carbonyl (C=O) groups is 1. The molecule has 2 amide bonds. The maximum Gasteiger partial charge on any atom is 0.317 e. The summed E-state index contributed by atoms with van der Waals surface area (Å²) >= 11 is 0. The third-order valence-corrected chi connectivity index (χ3v) is 3.35. The highest BCUT2D eigenvalue weighted by Gasteiger charge is 2.26. The van der Waals surface area contributed by atoms with Gasteiger partial charge >= 0.3 is 6.03 Å². The largest absolute Gasteiger partial charge is 0.508 e. The van der Waals surface area contributed by atoms with Crippen LogP contribution in [0.15, 0.2) is 24.3 Å². The fourth-order valence-corrected chi connectivity index (χ4v) is 1.81. The summed E-state index contributed by atoms with van der Waals surface area (Å²) in [5.74, 6) is 0.270. The van der Waals surface area contributed by atoms with E-state index in [4.69, 9.17) is 0 Å². The molecular weight excluding hydrogens is 228 g/mol. The highest BCUT2D eigenvalue weighted by Crippen LogP contribution is 2.19. The van der Waals surface area contributed by atoms with Gasteiger partial charge in [-0.3, -0.25) is 0 Å². The summed E-state index contributed by atoms with van der Waals surface area (Å²) in [7, 11) is 1.82. The Labute approximate surface area is 108 Å². The Morgan fingerprint density at radius 2 is 2.06 bits per heavy atom. The van der Waals surface area contributed by atoms with Gasteiger partial charge in [0.1, 0.15) is 5.75 Å². The predicted octanol–water partition coefficient (Wildman–Crippen LogP) is 2.13. The smallest absolute Gasteiger partial charge is 0.317 e. The van der Waals surface area contributed by atoms with Crippen LogP contribution in [0.5, 0.6) is 5.75 Å². The van der Waals surface area contributed by atoms with E-state index in [1.165, 1.54) is 0 Å². The van der Waals surface area contributed by atoms with E-state index in [1.807, 2.05) is 26.1 Å². The van der Waals surface area contributed by atoms with E-state index in [9.17, 15) is 9.90 Å². The zero-order chi connectivity index (χ0) is 13.1. The van der Waals surface area contributed by atoms with Crippen molar-refractivity contribution < 1.29 is 9.90 Å². The Kier molecular flexibility index (Phi) is 3.75. The van der Waals surface area contributed by atoms with Crippen LogP contribution in [0.3, 0.4) is 0 Å². The first kappa shape index (κ1) is 12.7. The van der Waals surface area contributed by atoms with Crippen LogP contribution in [-0.2, 0) is 6.42 Å². The first-order chi connectivity index (χ1) is 8.56. The Morgan fingerprint density at radius 1 is 1.44 bits per heavy atom. The molecule has 0 spiro atoms. The minimum Gasteiger partial charge on any atom is -0.508 e. The lowest BCUT2D eigenvalue weighted by Crippen LogP contribution is -2.44. The Balaban J connectivity index is 1.87. The third kappa shape index (κ3) is 3.39. The predicted molar refractivity (Wildman–Crippen MR) is 70.6 cm³/mol. The summed E-state index contributed by atoms with van der Waals surface area (Å²) < 4.78 is 0.